The summed E-state index contributed by atoms with van der Waals surface area (Å²) < 4.78 is 2.03. The van der Waals surface area contributed by atoms with E-state index >= 15 is 0 Å². The first kappa shape index (κ1) is 23.5. The average Bonchev–Trinajstić information content (AvgIpc) is 3.42. The number of hydrogen-bond donors (Lipinski definition) is 2. The van der Waals surface area contributed by atoms with Crippen LogP contribution in [0.25, 0.3) is 0 Å². The van der Waals surface area contributed by atoms with Crippen LogP contribution >= 0.6 is 0 Å². The van der Waals surface area contributed by atoms with Crippen molar-refractivity contribution < 1.29 is 0 Å². The van der Waals surface area contributed by atoms with E-state index in [0.29, 0.717) is 18.6 Å². The standard InChI is InChI=1S/C24H44N8/c1-4-31-14-9-13-22(31)16-25-24(26-17-23-29-28-19(2)30(23)3)27-20-10-8-15-32(18-20)21-11-6-5-7-12-21/h20-22H,4-18H2,1-3H3,(H2,25,26,27). The molecule has 3 fully saturated rings. The molecule has 0 amide bonds. The van der Waals surface area contributed by atoms with Crippen LogP contribution in [0.5, 0.6) is 0 Å². The van der Waals surface area contributed by atoms with E-state index in [1.165, 1.54) is 70.9 Å². The van der Waals surface area contributed by atoms with E-state index in [4.69, 9.17) is 4.99 Å². The van der Waals surface area contributed by atoms with Gasteiger partial charge in [-0.1, -0.05) is 26.2 Å². The molecule has 3 aliphatic rings. The van der Waals surface area contributed by atoms with E-state index in [1.54, 1.807) is 0 Å². The molecular weight excluding hydrogens is 400 g/mol. The van der Waals surface area contributed by atoms with Crippen LogP contribution < -0.4 is 10.6 Å². The van der Waals surface area contributed by atoms with Gasteiger partial charge in [0, 0.05) is 38.3 Å². The normalized spacial score (nSPS) is 26.5. The lowest BCUT2D eigenvalue weighted by Crippen LogP contribution is -2.54. The Labute approximate surface area is 194 Å². The lowest BCUT2D eigenvalue weighted by Gasteiger charge is -2.40. The number of likely N-dealkylation sites (tertiary alicyclic amines) is 2. The van der Waals surface area contributed by atoms with Gasteiger partial charge < -0.3 is 15.2 Å². The quantitative estimate of drug-likeness (QED) is 0.497. The zero-order valence-electron chi connectivity index (χ0n) is 20.5. The van der Waals surface area contributed by atoms with Gasteiger partial charge in [-0.05, 0) is 65.1 Å². The highest BCUT2D eigenvalue weighted by molar-refractivity contribution is 5.80. The van der Waals surface area contributed by atoms with E-state index in [-0.39, 0.29) is 0 Å². The Morgan fingerprint density at radius 1 is 1.03 bits per heavy atom. The number of aromatic nitrogens is 3. The fraction of sp³-hybridized carbons (Fsp3) is 0.875. The lowest BCUT2D eigenvalue weighted by atomic mass is 9.92. The summed E-state index contributed by atoms with van der Waals surface area (Å²) in [6.07, 6.45) is 12.1. The molecule has 1 aliphatic carbocycles. The van der Waals surface area contributed by atoms with E-state index < -0.39 is 0 Å². The number of aliphatic imine (C=N–C) groups is 1. The topological polar surface area (TPSA) is 73.6 Å². The average molecular weight is 445 g/mol. The number of aryl methyl sites for hydroxylation is 1. The summed E-state index contributed by atoms with van der Waals surface area (Å²) in [5.41, 5.74) is 0. The maximum Gasteiger partial charge on any atom is 0.192 e. The molecule has 2 unspecified atom stereocenters. The molecule has 4 rings (SSSR count). The van der Waals surface area contributed by atoms with Crippen LogP contribution in [0.1, 0.15) is 76.4 Å². The highest BCUT2D eigenvalue weighted by atomic mass is 15.3. The van der Waals surface area contributed by atoms with Crippen molar-refractivity contribution in [1.29, 1.82) is 0 Å². The smallest absolute Gasteiger partial charge is 0.192 e. The summed E-state index contributed by atoms with van der Waals surface area (Å²) in [6, 6.07) is 1.86. The second kappa shape index (κ2) is 11.5. The van der Waals surface area contributed by atoms with Crippen LogP contribution in [0.3, 0.4) is 0 Å². The molecule has 32 heavy (non-hydrogen) atoms. The molecule has 1 saturated carbocycles. The predicted molar refractivity (Wildman–Crippen MR) is 130 cm³/mol. The first-order valence-corrected chi connectivity index (χ1v) is 13.0. The van der Waals surface area contributed by atoms with Crippen molar-refractivity contribution in [3.63, 3.8) is 0 Å². The summed E-state index contributed by atoms with van der Waals surface area (Å²) in [6.45, 7) is 10.5. The van der Waals surface area contributed by atoms with Gasteiger partial charge in [0.05, 0.1) is 0 Å². The second-order valence-electron chi connectivity index (χ2n) is 9.96. The van der Waals surface area contributed by atoms with Gasteiger partial charge in [0.15, 0.2) is 11.8 Å². The number of hydrogen-bond acceptors (Lipinski definition) is 5. The third-order valence-corrected chi connectivity index (χ3v) is 7.86. The second-order valence-corrected chi connectivity index (χ2v) is 9.96. The van der Waals surface area contributed by atoms with Gasteiger partial charge in [-0.3, -0.25) is 9.80 Å². The zero-order chi connectivity index (χ0) is 22.3. The minimum Gasteiger partial charge on any atom is -0.355 e. The van der Waals surface area contributed by atoms with Crippen molar-refractivity contribution >= 4 is 5.96 Å². The molecule has 1 aromatic rings. The van der Waals surface area contributed by atoms with Crippen molar-refractivity contribution in [3.05, 3.63) is 11.6 Å². The monoisotopic (exact) mass is 444 g/mol. The third kappa shape index (κ3) is 6.01. The largest absolute Gasteiger partial charge is 0.355 e. The van der Waals surface area contributed by atoms with Crippen LogP contribution in [0.2, 0.25) is 0 Å². The number of likely N-dealkylation sites (N-methyl/N-ethyl adjacent to an activating group) is 1. The van der Waals surface area contributed by atoms with Crippen molar-refractivity contribution in [1.82, 2.24) is 35.2 Å². The van der Waals surface area contributed by atoms with Crippen LogP contribution in [0.4, 0.5) is 0 Å². The summed E-state index contributed by atoms with van der Waals surface area (Å²) >= 11 is 0. The van der Waals surface area contributed by atoms with E-state index in [0.717, 1.165) is 43.3 Å². The summed E-state index contributed by atoms with van der Waals surface area (Å²) in [5, 5.41) is 16.0. The number of nitrogens with one attached hydrogen (secondary N) is 2. The number of nitrogens with zero attached hydrogens (tertiary/aromatic N) is 6. The number of guanidine groups is 1. The highest BCUT2D eigenvalue weighted by Gasteiger charge is 2.28. The molecule has 0 aromatic carbocycles. The maximum absolute atomic E-state index is 4.95. The van der Waals surface area contributed by atoms with Crippen molar-refractivity contribution in [3.8, 4) is 0 Å². The van der Waals surface area contributed by atoms with Crippen LogP contribution in [0.15, 0.2) is 4.99 Å². The Morgan fingerprint density at radius 3 is 2.59 bits per heavy atom. The highest BCUT2D eigenvalue weighted by Crippen LogP contribution is 2.25. The van der Waals surface area contributed by atoms with Gasteiger partial charge in [-0.25, -0.2) is 4.99 Å². The minimum absolute atomic E-state index is 0.462. The SMILES string of the molecule is CCN1CCCC1CNC(=NCc1nnc(C)n1C)NC1CCCN(C2CCCCC2)C1. The summed E-state index contributed by atoms with van der Waals surface area (Å²) in [4.78, 5) is 10.3. The van der Waals surface area contributed by atoms with Crippen LogP contribution in [-0.4, -0.2) is 81.4 Å². The number of rotatable bonds is 7. The Morgan fingerprint density at radius 2 is 1.84 bits per heavy atom. The molecule has 8 heteroatoms. The van der Waals surface area contributed by atoms with Crippen molar-refractivity contribution in [2.45, 2.75) is 96.3 Å². The Bertz CT molecular complexity index is 738. The van der Waals surface area contributed by atoms with Crippen LogP contribution in [0, 0.1) is 6.92 Å². The van der Waals surface area contributed by atoms with E-state index in [9.17, 15) is 0 Å². The minimum atomic E-state index is 0.462. The van der Waals surface area contributed by atoms with Gasteiger partial charge in [0.1, 0.15) is 12.4 Å². The van der Waals surface area contributed by atoms with E-state index in [2.05, 4.69) is 37.6 Å². The lowest BCUT2D eigenvalue weighted by molar-refractivity contribution is 0.115. The van der Waals surface area contributed by atoms with Gasteiger partial charge in [0.2, 0.25) is 0 Å². The number of piperidine rings is 1. The Kier molecular flexibility index (Phi) is 8.41. The molecule has 2 aliphatic heterocycles. The zero-order valence-corrected chi connectivity index (χ0v) is 20.5. The first-order valence-electron chi connectivity index (χ1n) is 13.0. The fourth-order valence-corrected chi connectivity index (χ4v) is 5.74. The summed E-state index contributed by atoms with van der Waals surface area (Å²) in [5.74, 6) is 2.77. The molecule has 0 spiro atoms. The molecule has 2 N–H and O–H groups in total. The molecule has 1 aromatic heterocycles. The first-order chi connectivity index (χ1) is 15.6. The molecule has 180 valence electrons. The van der Waals surface area contributed by atoms with Gasteiger partial charge in [-0.15, -0.1) is 10.2 Å². The van der Waals surface area contributed by atoms with Gasteiger partial charge >= 0.3 is 0 Å². The molecule has 2 saturated heterocycles. The maximum atomic E-state index is 4.95. The summed E-state index contributed by atoms with van der Waals surface area (Å²) in [7, 11) is 2.02. The predicted octanol–water partition coefficient (Wildman–Crippen LogP) is 2.44. The fourth-order valence-electron chi connectivity index (χ4n) is 5.74. The van der Waals surface area contributed by atoms with Crippen molar-refractivity contribution in [2.75, 3.05) is 32.7 Å². The molecule has 2 atom stereocenters. The molecule has 8 nitrogen and oxygen atoms in total. The molecule has 3 heterocycles. The molecule has 0 bridgehead atoms. The van der Waals surface area contributed by atoms with Gasteiger partial charge in [-0.2, -0.15) is 0 Å². The van der Waals surface area contributed by atoms with E-state index in [1.807, 2.05) is 18.5 Å². The Balaban J connectivity index is 1.39. The molecular formula is C24H44N8. The van der Waals surface area contributed by atoms with Crippen molar-refractivity contribution in [2.24, 2.45) is 12.0 Å². The van der Waals surface area contributed by atoms with Crippen LogP contribution in [-0.2, 0) is 13.6 Å². The third-order valence-electron chi connectivity index (χ3n) is 7.86. The van der Waals surface area contributed by atoms with Gasteiger partial charge in [0.25, 0.3) is 0 Å². The molecule has 0 radical (unpaired) electrons. The Hall–Kier alpha value is -1.67.